The zero-order valence-corrected chi connectivity index (χ0v) is 12.9. The van der Waals surface area contributed by atoms with Crippen molar-refractivity contribution < 1.29 is 4.74 Å². The van der Waals surface area contributed by atoms with Gasteiger partial charge in [-0.2, -0.15) is 0 Å². The molecule has 110 valence electrons. The van der Waals surface area contributed by atoms with E-state index in [2.05, 4.69) is 30.2 Å². The van der Waals surface area contributed by atoms with Gasteiger partial charge in [-0.3, -0.25) is 9.80 Å². The van der Waals surface area contributed by atoms with E-state index in [0.717, 1.165) is 30.7 Å². The third-order valence-electron chi connectivity index (χ3n) is 4.48. The molecule has 2 saturated heterocycles. The molecule has 2 aliphatic rings. The molecule has 0 saturated carbocycles. The third kappa shape index (κ3) is 4.04. The Balaban J connectivity index is 1.83. The van der Waals surface area contributed by atoms with Crippen LogP contribution in [0, 0.1) is 5.92 Å². The number of nitrogens with zero attached hydrogens (tertiary/aromatic N) is 2. The molecule has 0 aromatic carbocycles. The van der Waals surface area contributed by atoms with Crippen LogP contribution in [0.2, 0.25) is 0 Å². The summed E-state index contributed by atoms with van der Waals surface area (Å²) in [6.07, 6.45) is 2.77. The molecule has 2 fully saturated rings. The highest BCUT2D eigenvalue weighted by atomic mass is 16.5. The Labute approximate surface area is 118 Å². The maximum absolute atomic E-state index is 5.68. The zero-order valence-electron chi connectivity index (χ0n) is 12.9. The predicted molar refractivity (Wildman–Crippen MR) is 80.4 cm³/mol. The predicted octanol–water partition coefficient (Wildman–Crippen LogP) is 2.38. The van der Waals surface area contributed by atoms with Crippen molar-refractivity contribution in [3.8, 4) is 0 Å². The lowest BCUT2D eigenvalue weighted by atomic mass is 9.97. The van der Waals surface area contributed by atoms with Crippen molar-refractivity contribution >= 4 is 0 Å². The highest BCUT2D eigenvalue weighted by Gasteiger charge is 2.36. The van der Waals surface area contributed by atoms with Gasteiger partial charge in [0.1, 0.15) is 0 Å². The summed E-state index contributed by atoms with van der Waals surface area (Å²) in [5.41, 5.74) is 1.11. The lowest BCUT2D eigenvalue weighted by Gasteiger charge is -2.45. The van der Waals surface area contributed by atoms with Crippen molar-refractivity contribution in [3.05, 3.63) is 12.2 Å². The van der Waals surface area contributed by atoms with Crippen LogP contribution in [0.3, 0.4) is 0 Å². The van der Waals surface area contributed by atoms with Crippen LogP contribution in [-0.4, -0.2) is 61.3 Å². The summed E-state index contributed by atoms with van der Waals surface area (Å²) in [5.74, 6) is 0.725. The van der Waals surface area contributed by atoms with Gasteiger partial charge >= 0.3 is 0 Å². The molecule has 19 heavy (non-hydrogen) atoms. The summed E-state index contributed by atoms with van der Waals surface area (Å²) in [6, 6.07) is 1.50. The van der Waals surface area contributed by atoms with Gasteiger partial charge in [0.25, 0.3) is 0 Å². The Morgan fingerprint density at radius 1 is 1.37 bits per heavy atom. The van der Waals surface area contributed by atoms with Crippen molar-refractivity contribution in [1.82, 2.24) is 9.80 Å². The Morgan fingerprint density at radius 3 is 2.84 bits per heavy atom. The van der Waals surface area contributed by atoms with E-state index in [1.54, 1.807) is 0 Å². The molecule has 0 aromatic heterocycles. The second-order valence-electron chi connectivity index (χ2n) is 6.61. The lowest BCUT2D eigenvalue weighted by molar-refractivity contribution is 0.0101. The number of hydrogen-bond acceptors (Lipinski definition) is 3. The first kappa shape index (κ1) is 15.0. The van der Waals surface area contributed by atoms with E-state index in [0.29, 0.717) is 12.6 Å². The van der Waals surface area contributed by atoms with Crippen LogP contribution in [0.25, 0.3) is 0 Å². The summed E-state index contributed by atoms with van der Waals surface area (Å²) in [4.78, 5) is 5.37. The fraction of sp³-hybridized carbons (Fsp3) is 0.875. The van der Waals surface area contributed by atoms with Crippen molar-refractivity contribution in [2.24, 2.45) is 5.92 Å². The number of ether oxygens (including phenoxy) is 1. The molecule has 2 heterocycles. The van der Waals surface area contributed by atoms with Gasteiger partial charge in [0.15, 0.2) is 0 Å². The molecule has 0 spiro atoms. The Hall–Kier alpha value is -0.380. The average Bonchev–Trinajstić information content (AvgIpc) is 2.80. The molecule has 0 aliphatic carbocycles. The Bertz CT molecular complexity index is 303. The third-order valence-corrected chi connectivity index (χ3v) is 4.48. The molecule has 0 N–H and O–H groups in total. The van der Waals surface area contributed by atoms with E-state index in [-0.39, 0.29) is 0 Å². The summed E-state index contributed by atoms with van der Waals surface area (Å²) >= 11 is 0. The quantitative estimate of drug-likeness (QED) is 0.542. The highest BCUT2D eigenvalue weighted by molar-refractivity contribution is 4.93. The Kier molecular flexibility index (Phi) is 5.43. The lowest BCUT2D eigenvalue weighted by Crippen LogP contribution is -2.58. The van der Waals surface area contributed by atoms with Crippen LogP contribution in [0.1, 0.15) is 33.6 Å². The summed E-state index contributed by atoms with van der Waals surface area (Å²) in [7, 11) is 0. The van der Waals surface area contributed by atoms with Gasteiger partial charge in [-0.05, 0) is 32.2 Å². The maximum Gasteiger partial charge on any atom is 0.0672 e. The molecule has 2 atom stereocenters. The largest absolute Gasteiger partial charge is 0.376 e. The minimum absolute atomic E-state index is 0.697. The van der Waals surface area contributed by atoms with Crippen LogP contribution in [0.4, 0.5) is 0 Å². The fourth-order valence-corrected chi connectivity index (χ4v) is 3.42. The summed E-state index contributed by atoms with van der Waals surface area (Å²) < 4.78 is 5.68. The van der Waals surface area contributed by atoms with Crippen LogP contribution < -0.4 is 0 Å². The molecule has 0 aromatic rings. The van der Waals surface area contributed by atoms with Gasteiger partial charge in [-0.15, -0.1) is 0 Å². The van der Waals surface area contributed by atoms with E-state index >= 15 is 0 Å². The Morgan fingerprint density at radius 2 is 2.16 bits per heavy atom. The second kappa shape index (κ2) is 6.87. The van der Waals surface area contributed by atoms with Crippen LogP contribution in [0.5, 0.6) is 0 Å². The molecule has 2 rings (SSSR count). The van der Waals surface area contributed by atoms with E-state index in [1.165, 1.54) is 32.5 Å². The van der Waals surface area contributed by atoms with Gasteiger partial charge in [-0.1, -0.05) is 26.0 Å². The average molecular weight is 266 g/mol. The summed E-state index contributed by atoms with van der Waals surface area (Å²) in [6.45, 7) is 17.0. The minimum atomic E-state index is 0.697. The van der Waals surface area contributed by atoms with Gasteiger partial charge in [0.2, 0.25) is 0 Å². The normalized spacial score (nSPS) is 28.8. The zero-order chi connectivity index (χ0) is 13.8. The molecular weight excluding hydrogens is 236 g/mol. The molecule has 3 nitrogen and oxygen atoms in total. The molecule has 2 aliphatic heterocycles. The molecule has 0 bridgehead atoms. The first-order valence-corrected chi connectivity index (χ1v) is 7.78. The summed E-state index contributed by atoms with van der Waals surface area (Å²) in [5, 5.41) is 0. The molecule has 0 radical (unpaired) electrons. The standard InChI is InChI=1S/C16H30N2O/c1-13(2)12-19-9-8-18-10-15-6-5-7-17(15)11-16(18)14(3)4/h14-16H,1,5-12H2,2-4H3. The molecule has 3 heteroatoms. The molecular formula is C16H30N2O. The van der Waals surface area contributed by atoms with Gasteiger partial charge in [0.05, 0.1) is 13.2 Å². The second-order valence-corrected chi connectivity index (χ2v) is 6.61. The van der Waals surface area contributed by atoms with Crippen molar-refractivity contribution in [2.45, 2.75) is 45.7 Å². The number of hydrogen-bond donors (Lipinski definition) is 0. The van der Waals surface area contributed by atoms with E-state index < -0.39 is 0 Å². The monoisotopic (exact) mass is 266 g/mol. The van der Waals surface area contributed by atoms with Crippen LogP contribution in [-0.2, 0) is 4.74 Å². The number of piperazine rings is 1. The highest BCUT2D eigenvalue weighted by Crippen LogP contribution is 2.27. The van der Waals surface area contributed by atoms with Crippen molar-refractivity contribution in [2.75, 3.05) is 39.4 Å². The molecule has 0 amide bonds. The topological polar surface area (TPSA) is 15.7 Å². The fourth-order valence-electron chi connectivity index (χ4n) is 3.42. The smallest absolute Gasteiger partial charge is 0.0672 e. The first-order valence-electron chi connectivity index (χ1n) is 7.78. The van der Waals surface area contributed by atoms with E-state index in [9.17, 15) is 0 Å². The van der Waals surface area contributed by atoms with Gasteiger partial charge in [0, 0.05) is 31.7 Å². The maximum atomic E-state index is 5.68. The van der Waals surface area contributed by atoms with Crippen molar-refractivity contribution in [3.63, 3.8) is 0 Å². The molecule has 2 unspecified atom stereocenters. The first-order chi connectivity index (χ1) is 9.08. The number of rotatable bonds is 6. The van der Waals surface area contributed by atoms with Crippen molar-refractivity contribution in [1.29, 1.82) is 0 Å². The van der Waals surface area contributed by atoms with E-state index in [1.807, 2.05) is 6.92 Å². The van der Waals surface area contributed by atoms with Crippen LogP contribution in [0.15, 0.2) is 12.2 Å². The van der Waals surface area contributed by atoms with Gasteiger partial charge < -0.3 is 4.74 Å². The minimum Gasteiger partial charge on any atom is -0.376 e. The van der Waals surface area contributed by atoms with Crippen LogP contribution >= 0.6 is 0 Å². The SMILES string of the molecule is C=C(C)COCCN1CC2CCCN2CC1C(C)C. The number of fused-ring (bicyclic) bond motifs is 1. The van der Waals surface area contributed by atoms with E-state index in [4.69, 9.17) is 4.74 Å². The van der Waals surface area contributed by atoms with Gasteiger partial charge in [-0.25, -0.2) is 0 Å².